The molecular formula is C17H14N6O3. The number of pyridine rings is 1. The van der Waals surface area contributed by atoms with Crippen LogP contribution in [0.1, 0.15) is 25.5 Å². The van der Waals surface area contributed by atoms with Crippen molar-refractivity contribution in [2.45, 2.75) is 19.8 Å². The number of nitro benzene ring substituents is 1. The summed E-state index contributed by atoms with van der Waals surface area (Å²) in [5.41, 5.74) is 1.18. The van der Waals surface area contributed by atoms with Crippen LogP contribution in [0.3, 0.4) is 0 Å². The molecule has 26 heavy (non-hydrogen) atoms. The Labute approximate surface area is 147 Å². The number of fused-ring (bicyclic) bond motifs is 1. The first-order valence-electron chi connectivity index (χ1n) is 7.74. The molecular weight excluding hydrogens is 336 g/mol. The maximum Gasteiger partial charge on any atom is 0.295 e. The molecule has 0 aliphatic carbocycles. The molecule has 0 radical (unpaired) electrons. The molecule has 0 bridgehead atoms. The van der Waals surface area contributed by atoms with Gasteiger partial charge in [-0.3, -0.25) is 20.2 Å². The lowest BCUT2D eigenvalue weighted by Crippen LogP contribution is -2.07. The average molecular weight is 350 g/mol. The lowest BCUT2D eigenvalue weighted by Gasteiger charge is -2.12. The Hall–Kier alpha value is -3.80. The summed E-state index contributed by atoms with van der Waals surface area (Å²) in [5, 5.41) is 22.9. The van der Waals surface area contributed by atoms with E-state index in [-0.39, 0.29) is 22.7 Å². The normalized spacial score (nSPS) is 10.7. The van der Waals surface area contributed by atoms with Gasteiger partial charge in [-0.15, -0.1) is 0 Å². The Morgan fingerprint density at radius 1 is 1.23 bits per heavy atom. The molecule has 0 fully saturated rings. The van der Waals surface area contributed by atoms with Gasteiger partial charge >= 0.3 is 0 Å². The fourth-order valence-corrected chi connectivity index (χ4v) is 2.57. The average Bonchev–Trinajstić information content (AvgIpc) is 2.60. The Bertz CT molecular complexity index is 1090. The van der Waals surface area contributed by atoms with Crippen LogP contribution >= 0.6 is 0 Å². The summed E-state index contributed by atoms with van der Waals surface area (Å²) < 4.78 is 1.47. The molecule has 2 heterocycles. The number of nitro groups is 1. The van der Waals surface area contributed by atoms with E-state index in [4.69, 9.17) is 5.26 Å². The third-order valence-electron chi connectivity index (χ3n) is 3.78. The van der Waals surface area contributed by atoms with Gasteiger partial charge in [-0.25, -0.2) is 9.97 Å². The van der Waals surface area contributed by atoms with Gasteiger partial charge in [0.25, 0.3) is 5.69 Å². The van der Waals surface area contributed by atoms with Gasteiger partial charge < -0.3 is 4.57 Å². The zero-order valence-electron chi connectivity index (χ0n) is 14.0. The predicted octanol–water partition coefficient (Wildman–Crippen LogP) is 2.71. The number of hydrogen-bond acceptors (Lipinski definition) is 7. The number of aromatic nitrogens is 3. The fourth-order valence-electron chi connectivity index (χ4n) is 2.57. The first-order valence-corrected chi connectivity index (χ1v) is 7.74. The Balaban J connectivity index is 2.31. The van der Waals surface area contributed by atoms with Gasteiger partial charge in [-0.1, -0.05) is 13.8 Å². The summed E-state index contributed by atoms with van der Waals surface area (Å²) in [6.45, 7) is 3.78. The zero-order chi connectivity index (χ0) is 18.8. The van der Waals surface area contributed by atoms with Gasteiger partial charge in [0.15, 0.2) is 17.4 Å². The van der Waals surface area contributed by atoms with Gasteiger partial charge in [-0.2, -0.15) is 5.26 Å². The quantitative estimate of drug-likeness (QED) is 0.332. The van der Waals surface area contributed by atoms with E-state index >= 15 is 0 Å². The third kappa shape index (κ3) is 3.08. The monoisotopic (exact) mass is 350 g/mol. The summed E-state index contributed by atoms with van der Waals surface area (Å²) in [5.74, 6) is 0.287. The van der Waals surface area contributed by atoms with Crippen LogP contribution in [0, 0.1) is 21.6 Å². The van der Waals surface area contributed by atoms with Gasteiger partial charge in [0.2, 0.25) is 0 Å². The molecule has 0 atom stereocenters. The summed E-state index contributed by atoms with van der Waals surface area (Å²) in [7, 11) is 0. The maximum absolute atomic E-state index is 11.5. The highest BCUT2D eigenvalue weighted by molar-refractivity contribution is 5.83. The van der Waals surface area contributed by atoms with Crippen molar-refractivity contribution in [2.75, 3.05) is 5.32 Å². The van der Waals surface area contributed by atoms with Crippen LogP contribution in [0.5, 0.6) is 0 Å². The van der Waals surface area contributed by atoms with Crippen LogP contribution in [0.4, 0.5) is 11.5 Å². The number of benzene rings is 1. The van der Waals surface area contributed by atoms with Crippen molar-refractivity contribution in [1.29, 1.82) is 5.26 Å². The van der Waals surface area contributed by atoms with Crippen LogP contribution in [0.2, 0.25) is 0 Å². The summed E-state index contributed by atoms with van der Waals surface area (Å²) in [4.78, 5) is 31.1. The van der Waals surface area contributed by atoms with Crippen LogP contribution in [-0.4, -0.2) is 19.5 Å². The lowest BCUT2D eigenvalue weighted by atomic mass is 10.1. The lowest BCUT2D eigenvalue weighted by molar-refractivity contribution is -0.384. The Kier molecular flexibility index (Phi) is 4.33. The molecule has 9 heteroatoms. The second-order valence-corrected chi connectivity index (χ2v) is 5.88. The molecule has 3 aromatic rings. The molecule has 0 unspecified atom stereocenters. The largest absolute Gasteiger partial charge is 0.318 e. The SMILES string of the molecule is CC(C)c1nc2cc([N+](=O)[O-])c(-n3ccc(=O)cc3)cc2nc1NC#N. The minimum Gasteiger partial charge on any atom is -0.318 e. The van der Waals surface area contributed by atoms with E-state index in [0.717, 1.165) is 0 Å². The van der Waals surface area contributed by atoms with Crippen molar-refractivity contribution in [3.63, 3.8) is 0 Å². The molecule has 1 N–H and O–H groups in total. The van der Waals surface area contributed by atoms with Crippen molar-refractivity contribution in [2.24, 2.45) is 0 Å². The molecule has 3 rings (SSSR count). The molecule has 0 amide bonds. The minimum absolute atomic E-state index is 0.0274. The van der Waals surface area contributed by atoms with Gasteiger partial charge in [0.1, 0.15) is 5.69 Å². The minimum atomic E-state index is -0.509. The number of rotatable bonds is 4. The van der Waals surface area contributed by atoms with Crippen LogP contribution in [-0.2, 0) is 0 Å². The Morgan fingerprint density at radius 2 is 1.88 bits per heavy atom. The smallest absolute Gasteiger partial charge is 0.295 e. The summed E-state index contributed by atoms with van der Waals surface area (Å²) in [6, 6.07) is 5.48. The highest BCUT2D eigenvalue weighted by atomic mass is 16.6. The molecule has 2 aromatic heterocycles. The first kappa shape index (κ1) is 17.0. The first-order chi connectivity index (χ1) is 12.4. The van der Waals surface area contributed by atoms with E-state index in [2.05, 4.69) is 15.3 Å². The van der Waals surface area contributed by atoms with E-state index in [9.17, 15) is 14.9 Å². The number of nitriles is 1. The van der Waals surface area contributed by atoms with Crippen LogP contribution in [0.15, 0.2) is 41.5 Å². The summed E-state index contributed by atoms with van der Waals surface area (Å²) >= 11 is 0. The second-order valence-electron chi connectivity index (χ2n) is 5.88. The van der Waals surface area contributed by atoms with Gasteiger partial charge in [0, 0.05) is 30.6 Å². The number of anilines is 1. The van der Waals surface area contributed by atoms with E-state index in [1.807, 2.05) is 20.0 Å². The fraction of sp³-hybridized carbons (Fsp3) is 0.176. The Morgan fingerprint density at radius 3 is 2.46 bits per heavy atom. The molecule has 130 valence electrons. The highest BCUT2D eigenvalue weighted by Gasteiger charge is 2.20. The zero-order valence-corrected chi connectivity index (χ0v) is 14.0. The third-order valence-corrected chi connectivity index (χ3v) is 3.78. The number of hydrogen-bond donors (Lipinski definition) is 1. The van der Waals surface area contributed by atoms with Crippen molar-refractivity contribution in [1.82, 2.24) is 14.5 Å². The molecule has 0 aliphatic rings. The van der Waals surface area contributed by atoms with Crippen molar-refractivity contribution in [3.05, 3.63) is 62.7 Å². The summed E-state index contributed by atoms with van der Waals surface area (Å²) in [6.07, 6.45) is 4.72. The van der Waals surface area contributed by atoms with Crippen molar-refractivity contribution >= 4 is 22.5 Å². The number of nitrogens with one attached hydrogen (secondary N) is 1. The van der Waals surface area contributed by atoms with E-state index in [1.54, 1.807) is 0 Å². The van der Waals surface area contributed by atoms with E-state index < -0.39 is 4.92 Å². The highest BCUT2D eigenvalue weighted by Crippen LogP contribution is 2.30. The van der Waals surface area contributed by atoms with Crippen molar-refractivity contribution < 1.29 is 4.92 Å². The predicted molar refractivity (Wildman–Crippen MR) is 95.1 cm³/mol. The number of nitrogens with zero attached hydrogens (tertiary/aromatic N) is 5. The topological polar surface area (TPSA) is 127 Å². The second kappa shape index (κ2) is 6.60. The van der Waals surface area contributed by atoms with Crippen LogP contribution in [0.25, 0.3) is 16.7 Å². The van der Waals surface area contributed by atoms with E-state index in [0.29, 0.717) is 22.5 Å². The molecule has 9 nitrogen and oxygen atoms in total. The van der Waals surface area contributed by atoms with Crippen molar-refractivity contribution in [3.8, 4) is 11.9 Å². The molecule has 0 saturated heterocycles. The molecule has 0 aliphatic heterocycles. The van der Waals surface area contributed by atoms with E-state index in [1.165, 1.54) is 41.2 Å². The van der Waals surface area contributed by atoms with Crippen LogP contribution < -0.4 is 10.7 Å². The molecule has 0 spiro atoms. The molecule has 0 saturated carbocycles. The molecule has 1 aromatic carbocycles. The standard InChI is InChI=1S/C17H14N6O3/c1-10(2)16-17(19-9-18)21-13-7-14(22-5-3-11(24)4-6-22)15(23(25)26)8-12(13)20-16/h3-8,10H,1-2H3,(H,19,21). The van der Waals surface area contributed by atoms with Gasteiger partial charge in [0.05, 0.1) is 21.7 Å². The van der Waals surface area contributed by atoms with Gasteiger partial charge in [-0.05, 0) is 12.0 Å². The maximum atomic E-state index is 11.5.